The summed E-state index contributed by atoms with van der Waals surface area (Å²) in [6.45, 7) is 0. The van der Waals surface area contributed by atoms with Crippen LogP contribution in [0.4, 0.5) is 0 Å². The normalized spacial score (nSPS) is 10.2. The van der Waals surface area contributed by atoms with Crippen molar-refractivity contribution in [3.8, 4) is 5.69 Å². The van der Waals surface area contributed by atoms with Crippen molar-refractivity contribution in [2.24, 2.45) is 0 Å². The first kappa shape index (κ1) is 8.00. The molecule has 0 radical (unpaired) electrons. The van der Waals surface area contributed by atoms with E-state index in [-0.39, 0.29) is 0 Å². The lowest BCUT2D eigenvalue weighted by molar-refractivity contribution is -0.725. The monoisotopic (exact) mass is 198 g/mol. The highest BCUT2D eigenvalue weighted by Crippen LogP contribution is 2.07. The van der Waals surface area contributed by atoms with E-state index in [1.807, 2.05) is 0 Å². The molecule has 0 saturated carbocycles. The maximum atomic E-state index is 10.6. The first-order chi connectivity index (χ1) is 6.25. The number of rotatable bonds is 1. The highest BCUT2D eigenvalue weighted by atomic mass is 35.5. The molecule has 0 aliphatic carbocycles. The number of hydrogen-bond acceptors (Lipinski definition) is 3. The van der Waals surface area contributed by atoms with Crippen molar-refractivity contribution in [2.75, 3.05) is 0 Å². The van der Waals surface area contributed by atoms with Gasteiger partial charge in [0.15, 0.2) is 0 Å². The molecule has 66 valence electrons. The zero-order valence-corrected chi connectivity index (χ0v) is 7.15. The van der Waals surface area contributed by atoms with Gasteiger partial charge in [0.2, 0.25) is 5.27 Å². The van der Waals surface area contributed by atoms with E-state index in [1.54, 1.807) is 24.3 Å². The molecular formula is C7H5ClN3O2+. The molecule has 0 atom stereocenters. The Labute approximate surface area is 77.5 Å². The third kappa shape index (κ3) is 1.59. The third-order valence-electron chi connectivity index (χ3n) is 1.47. The van der Waals surface area contributed by atoms with Crippen molar-refractivity contribution in [1.29, 1.82) is 0 Å². The van der Waals surface area contributed by atoms with E-state index in [2.05, 4.69) is 14.9 Å². The summed E-state index contributed by atoms with van der Waals surface area (Å²) in [5.74, 6) is -0.602. The van der Waals surface area contributed by atoms with Crippen molar-refractivity contribution in [1.82, 2.24) is 10.4 Å². The van der Waals surface area contributed by atoms with Crippen molar-refractivity contribution >= 4 is 11.6 Å². The fraction of sp³-hybridized carbons (Fsp3) is 0. The molecule has 6 heteroatoms. The van der Waals surface area contributed by atoms with Crippen LogP contribution >= 0.6 is 11.6 Å². The standard InChI is InChI=1S/C7H4ClN3O2/c8-5-1-3-6(4-2-5)11-9-7(12)13-10-11/h1-4H/p+1. The van der Waals surface area contributed by atoms with E-state index in [4.69, 9.17) is 11.6 Å². The molecule has 2 rings (SSSR count). The predicted octanol–water partition coefficient (Wildman–Crippen LogP) is 0.293. The first-order valence-corrected chi connectivity index (χ1v) is 3.88. The van der Waals surface area contributed by atoms with Gasteiger partial charge in [0.25, 0.3) is 5.69 Å². The molecule has 0 spiro atoms. The number of aromatic amines is 1. The minimum atomic E-state index is -0.602. The van der Waals surface area contributed by atoms with Crippen LogP contribution in [0.3, 0.4) is 0 Å². The lowest BCUT2D eigenvalue weighted by atomic mass is 10.3. The topological polar surface area (TPSA) is 62.8 Å². The average Bonchev–Trinajstić information content (AvgIpc) is 2.53. The molecule has 0 bridgehead atoms. The predicted molar refractivity (Wildman–Crippen MR) is 43.7 cm³/mol. The molecule has 1 N–H and O–H groups in total. The summed E-state index contributed by atoms with van der Waals surface area (Å²) in [5, 5.41) is 6.42. The summed E-state index contributed by atoms with van der Waals surface area (Å²) < 4.78 is 4.32. The molecule has 0 amide bonds. The van der Waals surface area contributed by atoms with Crippen molar-refractivity contribution in [2.45, 2.75) is 0 Å². The van der Waals surface area contributed by atoms with Gasteiger partial charge in [0, 0.05) is 17.2 Å². The number of halogens is 1. The van der Waals surface area contributed by atoms with E-state index in [9.17, 15) is 4.79 Å². The van der Waals surface area contributed by atoms with Crippen LogP contribution in [0.2, 0.25) is 5.02 Å². The largest absolute Gasteiger partial charge is 0.493 e. The zero-order valence-electron chi connectivity index (χ0n) is 6.40. The second-order valence-corrected chi connectivity index (χ2v) is 2.80. The smallest absolute Gasteiger partial charge is 0.239 e. The second-order valence-electron chi connectivity index (χ2n) is 2.36. The van der Waals surface area contributed by atoms with Gasteiger partial charge in [-0.1, -0.05) is 16.7 Å². The van der Waals surface area contributed by atoms with Gasteiger partial charge in [-0.15, -0.1) is 0 Å². The SMILES string of the molecule is O=c1[nH][n+](-c2ccc(Cl)cc2)no1. The fourth-order valence-electron chi connectivity index (χ4n) is 0.899. The van der Waals surface area contributed by atoms with Crippen LogP contribution < -0.4 is 10.6 Å². The molecule has 0 aliphatic heterocycles. The first-order valence-electron chi connectivity index (χ1n) is 3.50. The Bertz CT molecular complexity index is 459. The maximum absolute atomic E-state index is 10.6. The van der Waals surface area contributed by atoms with E-state index >= 15 is 0 Å². The van der Waals surface area contributed by atoms with Crippen LogP contribution in [0, 0.1) is 0 Å². The Morgan fingerprint density at radius 2 is 2.08 bits per heavy atom. The number of benzene rings is 1. The Morgan fingerprint density at radius 1 is 1.38 bits per heavy atom. The Morgan fingerprint density at radius 3 is 2.62 bits per heavy atom. The molecule has 0 saturated heterocycles. The lowest BCUT2D eigenvalue weighted by Gasteiger charge is -1.86. The van der Waals surface area contributed by atoms with Crippen LogP contribution in [0.25, 0.3) is 5.69 Å². The zero-order chi connectivity index (χ0) is 9.26. The molecule has 1 heterocycles. The van der Waals surface area contributed by atoms with E-state index in [1.165, 1.54) is 4.80 Å². The van der Waals surface area contributed by atoms with Crippen molar-refractivity contribution < 1.29 is 9.32 Å². The molecule has 0 unspecified atom stereocenters. The van der Waals surface area contributed by atoms with Gasteiger partial charge in [-0.05, 0) is 12.1 Å². The number of nitrogens with one attached hydrogen (secondary N) is 1. The second kappa shape index (κ2) is 3.02. The summed E-state index contributed by atoms with van der Waals surface area (Å²) >= 11 is 5.68. The van der Waals surface area contributed by atoms with E-state index in [0.29, 0.717) is 10.7 Å². The molecule has 2 aromatic rings. The van der Waals surface area contributed by atoms with Crippen LogP contribution in [-0.4, -0.2) is 10.4 Å². The molecule has 1 aromatic carbocycles. The van der Waals surface area contributed by atoms with Crippen molar-refractivity contribution in [3.05, 3.63) is 39.8 Å². The highest BCUT2D eigenvalue weighted by molar-refractivity contribution is 6.30. The van der Waals surface area contributed by atoms with Crippen LogP contribution in [0.5, 0.6) is 0 Å². The van der Waals surface area contributed by atoms with Gasteiger partial charge in [0.1, 0.15) is 0 Å². The molecule has 5 nitrogen and oxygen atoms in total. The van der Waals surface area contributed by atoms with Gasteiger partial charge in [-0.2, -0.15) is 0 Å². The Kier molecular flexibility index (Phi) is 1.86. The van der Waals surface area contributed by atoms with Gasteiger partial charge in [-0.25, -0.2) is 9.32 Å². The number of H-pyrrole nitrogens is 1. The molecule has 0 aliphatic rings. The van der Waals surface area contributed by atoms with Crippen LogP contribution in [-0.2, 0) is 0 Å². The molecule has 0 fully saturated rings. The van der Waals surface area contributed by atoms with Gasteiger partial charge in [0.05, 0.1) is 4.80 Å². The summed E-state index contributed by atoms with van der Waals surface area (Å²) in [6, 6.07) is 6.80. The molecular weight excluding hydrogens is 194 g/mol. The molecule has 1 aromatic heterocycles. The summed E-state index contributed by atoms with van der Waals surface area (Å²) in [7, 11) is 0. The number of aromatic nitrogens is 3. The minimum absolute atomic E-state index is 0.602. The van der Waals surface area contributed by atoms with Gasteiger partial charge >= 0.3 is 5.76 Å². The summed E-state index contributed by atoms with van der Waals surface area (Å²) in [5.41, 5.74) is 0.676. The van der Waals surface area contributed by atoms with Crippen LogP contribution in [0.15, 0.2) is 33.6 Å². The highest BCUT2D eigenvalue weighted by Gasteiger charge is 2.11. The number of nitrogens with zero attached hydrogens (tertiary/aromatic N) is 2. The van der Waals surface area contributed by atoms with Gasteiger partial charge in [-0.3, -0.25) is 0 Å². The number of hydrogen-bond donors (Lipinski definition) is 1. The quantitative estimate of drug-likeness (QED) is 0.670. The Hall–Kier alpha value is -1.62. The van der Waals surface area contributed by atoms with Crippen molar-refractivity contribution in [3.63, 3.8) is 0 Å². The lowest BCUT2D eigenvalue weighted by Crippen LogP contribution is -2.37. The van der Waals surface area contributed by atoms with E-state index in [0.717, 1.165) is 0 Å². The Balaban J connectivity index is 2.47. The molecule has 13 heavy (non-hydrogen) atoms. The third-order valence-corrected chi connectivity index (χ3v) is 1.73. The van der Waals surface area contributed by atoms with Crippen LogP contribution in [0.1, 0.15) is 0 Å². The maximum Gasteiger partial charge on any atom is 0.493 e. The average molecular weight is 199 g/mol. The minimum Gasteiger partial charge on any atom is -0.239 e. The van der Waals surface area contributed by atoms with E-state index < -0.39 is 5.76 Å². The van der Waals surface area contributed by atoms with Gasteiger partial charge < -0.3 is 0 Å². The fourth-order valence-corrected chi connectivity index (χ4v) is 1.03. The summed E-state index contributed by atoms with van der Waals surface area (Å²) in [6.07, 6.45) is 0. The summed E-state index contributed by atoms with van der Waals surface area (Å²) in [4.78, 5) is 11.8.